The lowest BCUT2D eigenvalue weighted by Crippen LogP contribution is -2.13. The lowest BCUT2D eigenvalue weighted by atomic mass is 10.2. The molecule has 4 rings (SSSR count). The van der Waals surface area contributed by atoms with Gasteiger partial charge in [0.15, 0.2) is 0 Å². The first-order chi connectivity index (χ1) is 11.9. The maximum Gasteiger partial charge on any atom is 0.136 e. The van der Waals surface area contributed by atoms with Crippen LogP contribution in [0.25, 0.3) is 5.65 Å². The van der Waals surface area contributed by atoms with E-state index in [1.165, 1.54) is 11.1 Å². The molecule has 0 aliphatic heterocycles. The molecule has 0 unspecified atom stereocenters. The molecule has 5 nitrogen and oxygen atoms in total. The van der Waals surface area contributed by atoms with E-state index in [0.29, 0.717) is 0 Å². The van der Waals surface area contributed by atoms with E-state index >= 15 is 0 Å². The second-order valence-electron chi connectivity index (χ2n) is 5.81. The molecule has 120 valence electrons. The molecule has 0 aliphatic rings. The summed E-state index contributed by atoms with van der Waals surface area (Å²) in [4.78, 5) is 4.40. The number of hydrogen-bond donors (Lipinski definition) is 1. The highest BCUT2D eigenvalue weighted by molar-refractivity contribution is 5.39. The van der Waals surface area contributed by atoms with Crippen molar-refractivity contribution in [1.82, 2.24) is 24.5 Å². The van der Waals surface area contributed by atoms with Gasteiger partial charge in [-0.25, -0.2) is 4.98 Å². The number of rotatable bonds is 6. The third kappa shape index (κ3) is 3.21. The zero-order valence-electron chi connectivity index (χ0n) is 13.3. The zero-order chi connectivity index (χ0) is 16.2. The van der Waals surface area contributed by atoms with E-state index in [2.05, 4.69) is 50.3 Å². The highest BCUT2D eigenvalue weighted by Crippen LogP contribution is 2.07. The molecule has 1 aromatic carbocycles. The van der Waals surface area contributed by atoms with Gasteiger partial charge in [0.1, 0.15) is 5.65 Å². The molecule has 0 amide bonds. The molecule has 0 aliphatic carbocycles. The van der Waals surface area contributed by atoms with Gasteiger partial charge in [-0.1, -0.05) is 36.4 Å². The minimum Gasteiger partial charge on any atom is -0.307 e. The van der Waals surface area contributed by atoms with Gasteiger partial charge in [-0.2, -0.15) is 5.10 Å². The fraction of sp³-hybridized carbons (Fsp3) is 0.158. The first kappa shape index (κ1) is 14.7. The summed E-state index contributed by atoms with van der Waals surface area (Å²) in [7, 11) is 0. The van der Waals surface area contributed by atoms with Crippen LogP contribution in [0.15, 0.2) is 73.3 Å². The lowest BCUT2D eigenvalue weighted by molar-refractivity contribution is 0.668. The standard InChI is InChI=1S/C19H19N5/c1-2-6-16(7-3-1)14-23-15-17(11-22-23)10-20-12-18-13-21-19-8-4-5-9-24(18)19/h1-9,11,13,15,20H,10,12,14H2. The fourth-order valence-corrected chi connectivity index (χ4v) is 2.81. The highest BCUT2D eigenvalue weighted by Gasteiger charge is 2.03. The van der Waals surface area contributed by atoms with E-state index < -0.39 is 0 Å². The third-order valence-corrected chi connectivity index (χ3v) is 4.00. The van der Waals surface area contributed by atoms with Gasteiger partial charge in [-0.05, 0) is 17.7 Å². The normalized spacial score (nSPS) is 11.2. The van der Waals surface area contributed by atoms with Crippen LogP contribution in [-0.4, -0.2) is 19.2 Å². The van der Waals surface area contributed by atoms with E-state index in [1.54, 1.807) is 0 Å². The Balaban J connectivity index is 1.35. The Morgan fingerprint density at radius 1 is 0.875 bits per heavy atom. The van der Waals surface area contributed by atoms with E-state index in [1.807, 2.05) is 47.5 Å². The third-order valence-electron chi connectivity index (χ3n) is 4.00. The van der Waals surface area contributed by atoms with Crippen molar-refractivity contribution in [3.63, 3.8) is 0 Å². The molecule has 3 aromatic heterocycles. The van der Waals surface area contributed by atoms with Gasteiger partial charge in [0.2, 0.25) is 0 Å². The Bertz CT molecular complexity index is 923. The number of hydrogen-bond acceptors (Lipinski definition) is 3. The predicted molar refractivity (Wildman–Crippen MR) is 93.5 cm³/mol. The lowest BCUT2D eigenvalue weighted by Gasteiger charge is -2.03. The Labute approximate surface area is 140 Å². The van der Waals surface area contributed by atoms with Gasteiger partial charge in [0, 0.05) is 31.0 Å². The molecular weight excluding hydrogens is 298 g/mol. The largest absolute Gasteiger partial charge is 0.307 e. The van der Waals surface area contributed by atoms with Crippen LogP contribution in [-0.2, 0) is 19.6 Å². The second kappa shape index (κ2) is 6.68. The van der Waals surface area contributed by atoms with Crippen LogP contribution in [0.1, 0.15) is 16.8 Å². The van der Waals surface area contributed by atoms with Gasteiger partial charge in [-0.3, -0.25) is 4.68 Å². The molecule has 0 saturated heterocycles. The van der Waals surface area contributed by atoms with Crippen molar-refractivity contribution in [3.05, 3.63) is 90.1 Å². The maximum atomic E-state index is 4.44. The Hall–Kier alpha value is -2.92. The molecule has 24 heavy (non-hydrogen) atoms. The van der Waals surface area contributed by atoms with Gasteiger partial charge in [0.25, 0.3) is 0 Å². The Morgan fingerprint density at radius 3 is 2.67 bits per heavy atom. The fourth-order valence-electron chi connectivity index (χ4n) is 2.81. The second-order valence-corrected chi connectivity index (χ2v) is 5.81. The Kier molecular flexibility index (Phi) is 4.08. The number of aromatic nitrogens is 4. The number of fused-ring (bicyclic) bond motifs is 1. The first-order valence-corrected chi connectivity index (χ1v) is 8.05. The van der Waals surface area contributed by atoms with Gasteiger partial charge >= 0.3 is 0 Å². The number of nitrogens with zero attached hydrogens (tertiary/aromatic N) is 4. The van der Waals surface area contributed by atoms with Crippen molar-refractivity contribution in [3.8, 4) is 0 Å². The number of benzene rings is 1. The molecule has 5 heteroatoms. The summed E-state index contributed by atoms with van der Waals surface area (Å²) in [6.07, 6.45) is 7.97. The SMILES string of the molecule is c1ccc(Cn2cc(CNCc3cnc4ccccn34)cn2)cc1. The minimum absolute atomic E-state index is 0.773. The van der Waals surface area contributed by atoms with Crippen molar-refractivity contribution in [2.24, 2.45) is 0 Å². The number of imidazole rings is 1. The van der Waals surface area contributed by atoms with E-state index in [0.717, 1.165) is 31.0 Å². The summed E-state index contributed by atoms with van der Waals surface area (Å²) in [5.74, 6) is 0. The van der Waals surface area contributed by atoms with Crippen LogP contribution in [0.5, 0.6) is 0 Å². The van der Waals surface area contributed by atoms with Gasteiger partial charge < -0.3 is 9.72 Å². The molecule has 1 N–H and O–H groups in total. The summed E-state index contributed by atoms with van der Waals surface area (Å²) in [5, 5.41) is 7.90. The van der Waals surface area contributed by atoms with Crippen molar-refractivity contribution in [2.45, 2.75) is 19.6 Å². The first-order valence-electron chi connectivity index (χ1n) is 8.05. The van der Waals surface area contributed by atoms with Crippen molar-refractivity contribution in [2.75, 3.05) is 0 Å². The van der Waals surface area contributed by atoms with Crippen LogP contribution in [0.4, 0.5) is 0 Å². The molecule has 0 bridgehead atoms. The summed E-state index contributed by atoms with van der Waals surface area (Å²) in [6, 6.07) is 16.4. The van der Waals surface area contributed by atoms with Gasteiger partial charge in [-0.15, -0.1) is 0 Å². The van der Waals surface area contributed by atoms with Crippen LogP contribution >= 0.6 is 0 Å². The molecule has 0 atom stereocenters. The summed E-state index contributed by atoms with van der Waals surface area (Å²) in [6.45, 7) is 2.36. The summed E-state index contributed by atoms with van der Waals surface area (Å²) >= 11 is 0. The van der Waals surface area contributed by atoms with Crippen LogP contribution in [0, 0.1) is 0 Å². The predicted octanol–water partition coefficient (Wildman–Crippen LogP) is 2.87. The minimum atomic E-state index is 0.773. The molecule has 0 spiro atoms. The monoisotopic (exact) mass is 317 g/mol. The summed E-state index contributed by atoms with van der Waals surface area (Å²) in [5.41, 5.74) is 4.57. The van der Waals surface area contributed by atoms with Crippen molar-refractivity contribution < 1.29 is 0 Å². The van der Waals surface area contributed by atoms with Crippen LogP contribution in [0.2, 0.25) is 0 Å². The zero-order valence-corrected chi connectivity index (χ0v) is 13.3. The van der Waals surface area contributed by atoms with Crippen LogP contribution in [0.3, 0.4) is 0 Å². The highest BCUT2D eigenvalue weighted by atomic mass is 15.3. The smallest absolute Gasteiger partial charge is 0.136 e. The summed E-state index contributed by atoms with van der Waals surface area (Å²) < 4.78 is 4.08. The average molecular weight is 317 g/mol. The number of nitrogens with one attached hydrogen (secondary N) is 1. The van der Waals surface area contributed by atoms with Crippen molar-refractivity contribution in [1.29, 1.82) is 0 Å². The number of pyridine rings is 1. The van der Waals surface area contributed by atoms with Crippen LogP contribution < -0.4 is 5.32 Å². The average Bonchev–Trinajstić information content (AvgIpc) is 3.23. The molecule has 3 heterocycles. The molecule has 0 fully saturated rings. The topological polar surface area (TPSA) is 47.2 Å². The maximum absolute atomic E-state index is 4.44. The van der Waals surface area contributed by atoms with Crippen molar-refractivity contribution >= 4 is 5.65 Å². The molecular formula is C19H19N5. The molecule has 0 saturated carbocycles. The van der Waals surface area contributed by atoms with E-state index in [-0.39, 0.29) is 0 Å². The molecule has 0 radical (unpaired) electrons. The van der Waals surface area contributed by atoms with E-state index in [4.69, 9.17) is 0 Å². The van der Waals surface area contributed by atoms with E-state index in [9.17, 15) is 0 Å². The Morgan fingerprint density at radius 2 is 1.75 bits per heavy atom. The quantitative estimate of drug-likeness (QED) is 0.595. The van der Waals surface area contributed by atoms with Gasteiger partial charge in [0.05, 0.1) is 24.6 Å². The molecule has 4 aromatic rings.